The molecule has 138 valence electrons. The molecular weight excluding hydrogens is 352 g/mol. The molecule has 28 heavy (non-hydrogen) atoms. The van der Waals surface area contributed by atoms with Gasteiger partial charge in [-0.3, -0.25) is 9.78 Å². The highest BCUT2D eigenvalue weighted by molar-refractivity contribution is 5.96. The standard InChI is InChI=1S/C22H18N4O2/c1-14-21-19(8-9-24-22(21)28-25-14)17-11-16(12-23-13-17)15-4-6-18(7-5-15)26-10-2-3-20(26)27/h4-9,11-13H,2-3,10H2,1H3. The minimum absolute atomic E-state index is 0.196. The van der Waals surface area contributed by atoms with Gasteiger partial charge in [-0.25, -0.2) is 4.98 Å². The van der Waals surface area contributed by atoms with E-state index in [-0.39, 0.29) is 5.91 Å². The number of aromatic nitrogens is 3. The Hall–Kier alpha value is -3.54. The number of aryl methyl sites for hydroxylation is 1. The van der Waals surface area contributed by atoms with Crippen molar-refractivity contribution in [3.63, 3.8) is 0 Å². The third-order valence-corrected chi connectivity index (χ3v) is 5.18. The first-order valence-corrected chi connectivity index (χ1v) is 9.28. The van der Waals surface area contributed by atoms with Gasteiger partial charge in [-0.1, -0.05) is 17.3 Å². The maximum Gasteiger partial charge on any atom is 0.258 e. The predicted octanol–water partition coefficient (Wildman–Crippen LogP) is 4.39. The largest absolute Gasteiger partial charge is 0.336 e. The molecule has 0 unspecified atom stereocenters. The Morgan fingerprint density at radius 3 is 2.64 bits per heavy atom. The summed E-state index contributed by atoms with van der Waals surface area (Å²) in [5, 5.41) is 4.93. The highest BCUT2D eigenvalue weighted by Crippen LogP contribution is 2.32. The molecule has 1 aliphatic rings. The SMILES string of the molecule is Cc1noc2nccc(-c3cncc(-c4ccc(N5CCCC5=O)cc4)c3)c12. The Labute approximate surface area is 161 Å². The van der Waals surface area contributed by atoms with Crippen molar-refractivity contribution in [1.82, 2.24) is 15.1 Å². The van der Waals surface area contributed by atoms with Crippen LogP contribution >= 0.6 is 0 Å². The summed E-state index contributed by atoms with van der Waals surface area (Å²) in [6, 6.07) is 12.1. The molecule has 1 aliphatic heterocycles. The van der Waals surface area contributed by atoms with Gasteiger partial charge in [0.25, 0.3) is 5.71 Å². The van der Waals surface area contributed by atoms with Gasteiger partial charge in [-0.15, -0.1) is 0 Å². The topological polar surface area (TPSA) is 72.1 Å². The second-order valence-corrected chi connectivity index (χ2v) is 6.96. The van der Waals surface area contributed by atoms with Gasteiger partial charge in [0, 0.05) is 48.4 Å². The molecule has 1 aromatic carbocycles. The van der Waals surface area contributed by atoms with Crippen LogP contribution < -0.4 is 4.90 Å². The number of benzene rings is 1. The van der Waals surface area contributed by atoms with Crippen LogP contribution in [-0.2, 0) is 4.79 Å². The molecule has 0 radical (unpaired) electrons. The van der Waals surface area contributed by atoms with Crippen molar-refractivity contribution in [2.45, 2.75) is 19.8 Å². The monoisotopic (exact) mass is 370 g/mol. The van der Waals surface area contributed by atoms with Crippen molar-refractivity contribution in [3.05, 3.63) is 60.7 Å². The lowest BCUT2D eigenvalue weighted by atomic mass is 10.00. The number of carbonyl (C=O) groups is 1. The van der Waals surface area contributed by atoms with Crippen LogP contribution in [0.25, 0.3) is 33.4 Å². The summed E-state index contributed by atoms with van der Waals surface area (Å²) in [6.45, 7) is 2.71. The second-order valence-electron chi connectivity index (χ2n) is 6.96. The lowest BCUT2D eigenvalue weighted by molar-refractivity contribution is -0.117. The van der Waals surface area contributed by atoms with Gasteiger partial charge < -0.3 is 9.42 Å². The van der Waals surface area contributed by atoms with Crippen molar-refractivity contribution in [1.29, 1.82) is 0 Å². The fraction of sp³-hybridized carbons (Fsp3) is 0.182. The highest BCUT2D eigenvalue weighted by atomic mass is 16.5. The van der Waals surface area contributed by atoms with Gasteiger partial charge in [0.2, 0.25) is 5.91 Å². The van der Waals surface area contributed by atoms with Crippen LogP contribution in [0.15, 0.2) is 59.5 Å². The first kappa shape index (κ1) is 16.6. The third-order valence-electron chi connectivity index (χ3n) is 5.18. The van der Waals surface area contributed by atoms with Crippen molar-refractivity contribution >= 4 is 22.7 Å². The van der Waals surface area contributed by atoms with Gasteiger partial charge in [-0.05, 0) is 48.7 Å². The number of hydrogen-bond acceptors (Lipinski definition) is 5. The maximum absolute atomic E-state index is 11.9. The first-order valence-electron chi connectivity index (χ1n) is 9.28. The van der Waals surface area contributed by atoms with Crippen LogP contribution in [-0.4, -0.2) is 27.6 Å². The van der Waals surface area contributed by atoms with Crippen LogP contribution in [0, 0.1) is 6.92 Å². The number of hydrogen-bond donors (Lipinski definition) is 0. The highest BCUT2D eigenvalue weighted by Gasteiger charge is 2.21. The molecule has 0 saturated carbocycles. The molecule has 6 heteroatoms. The Bertz CT molecular complexity index is 1180. The van der Waals surface area contributed by atoms with Crippen LogP contribution in [0.4, 0.5) is 5.69 Å². The van der Waals surface area contributed by atoms with Crippen LogP contribution in [0.2, 0.25) is 0 Å². The summed E-state index contributed by atoms with van der Waals surface area (Å²) in [5.74, 6) is 0.196. The van der Waals surface area contributed by atoms with E-state index in [1.54, 1.807) is 6.20 Å². The number of carbonyl (C=O) groups excluding carboxylic acids is 1. The Morgan fingerprint density at radius 2 is 1.86 bits per heavy atom. The lowest BCUT2D eigenvalue weighted by Crippen LogP contribution is -2.23. The summed E-state index contributed by atoms with van der Waals surface area (Å²) >= 11 is 0. The van der Waals surface area contributed by atoms with Crippen LogP contribution in [0.5, 0.6) is 0 Å². The lowest BCUT2D eigenvalue weighted by Gasteiger charge is -2.16. The zero-order valence-electron chi connectivity index (χ0n) is 15.4. The second kappa shape index (κ2) is 6.56. The van der Waals surface area contributed by atoms with E-state index in [0.29, 0.717) is 12.1 Å². The number of amides is 1. The molecule has 1 saturated heterocycles. The van der Waals surface area contributed by atoms with Gasteiger partial charge in [-0.2, -0.15) is 0 Å². The molecule has 5 rings (SSSR count). The van der Waals surface area contributed by atoms with E-state index in [9.17, 15) is 4.79 Å². The minimum Gasteiger partial charge on any atom is -0.336 e. The summed E-state index contributed by atoms with van der Waals surface area (Å²) in [4.78, 5) is 22.5. The van der Waals surface area contributed by atoms with Gasteiger partial charge in [0.15, 0.2) is 0 Å². The average Bonchev–Trinajstić information content (AvgIpc) is 3.34. The molecule has 0 atom stereocenters. The molecule has 1 amide bonds. The van der Waals surface area contributed by atoms with Crippen molar-refractivity contribution in [3.8, 4) is 22.3 Å². The fourth-order valence-corrected chi connectivity index (χ4v) is 3.76. The Morgan fingerprint density at radius 1 is 1.04 bits per heavy atom. The molecule has 6 nitrogen and oxygen atoms in total. The summed E-state index contributed by atoms with van der Waals surface area (Å²) in [5.41, 5.74) is 6.33. The zero-order chi connectivity index (χ0) is 19.1. The summed E-state index contributed by atoms with van der Waals surface area (Å²) < 4.78 is 5.28. The van der Waals surface area contributed by atoms with Crippen molar-refractivity contribution in [2.75, 3.05) is 11.4 Å². The van der Waals surface area contributed by atoms with Crippen LogP contribution in [0.1, 0.15) is 18.5 Å². The molecule has 0 spiro atoms. The van der Waals surface area contributed by atoms with E-state index in [1.165, 1.54) is 0 Å². The molecular formula is C22H18N4O2. The molecule has 3 aromatic heterocycles. The normalized spacial score (nSPS) is 14.2. The molecule has 0 N–H and O–H groups in total. The third kappa shape index (κ3) is 2.74. The summed E-state index contributed by atoms with van der Waals surface area (Å²) in [7, 11) is 0. The van der Waals surface area contributed by atoms with Crippen molar-refractivity contribution < 1.29 is 9.32 Å². The number of anilines is 1. The van der Waals surface area contributed by atoms with Crippen LogP contribution in [0.3, 0.4) is 0 Å². The average molecular weight is 370 g/mol. The van der Waals surface area contributed by atoms with E-state index in [1.807, 2.05) is 54.5 Å². The van der Waals surface area contributed by atoms with Crippen molar-refractivity contribution in [2.24, 2.45) is 0 Å². The molecule has 1 fully saturated rings. The molecule has 0 bridgehead atoms. The van der Waals surface area contributed by atoms with Gasteiger partial charge in [0.05, 0.1) is 11.1 Å². The van der Waals surface area contributed by atoms with Gasteiger partial charge >= 0.3 is 0 Å². The van der Waals surface area contributed by atoms with Gasteiger partial charge in [0.1, 0.15) is 0 Å². The maximum atomic E-state index is 11.9. The van der Waals surface area contributed by atoms with E-state index >= 15 is 0 Å². The van der Waals surface area contributed by atoms with E-state index < -0.39 is 0 Å². The van der Waals surface area contributed by atoms with E-state index in [2.05, 4.69) is 21.2 Å². The molecule has 4 heterocycles. The smallest absolute Gasteiger partial charge is 0.258 e. The Balaban J connectivity index is 1.52. The first-order chi connectivity index (χ1) is 13.7. The molecule has 0 aliphatic carbocycles. The molecule has 4 aromatic rings. The van der Waals surface area contributed by atoms with E-state index in [4.69, 9.17) is 4.52 Å². The summed E-state index contributed by atoms with van der Waals surface area (Å²) in [6.07, 6.45) is 6.96. The number of rotatable bonds is 3. The number of fused-ring (bicyclic) bond motifs is 1. The number of nitrogens with zero attached hydrogens (tertiary/aromatic N) is 4. The zero-order valence-corrected chi connectivity index (χ0v) is 15.4. The fourth-order valence-electron chi connectivity index (χ4n) is 3.76. The Kier molecular flexibility index (Phi) is 3.90. The number of pyridine rings is 2. The predicted molar refractivity (Wildman–Crippen MR) is 107 cm³/mol. The quantitative estimate of drug-likeness (QED) is 0.535. The minimum atomic E-state index is 0.196. The van der Waals surface area contributed by atoms with E-state index in [0.717, 1.165) is 52.0 Å².